The van der Waals surface area contributed by atoms with Crippen molar-refractivity contribution < 1.29 is 14.3 Å². The number of anilines is 1. The number of ether oxygens (including phenoxy) is 2. The van der Waals surface area contributed by atoms with E-state index in [1.165, 1.54) is 0 Å². The van der Waals surface area contributed by atoms with Crippen LogP contribution in [-0.4, -0.2) is 24.2 Å². The first-order chi connectivity index (χ1) is 11.0. The number of carbonyl (C=O) groups is 1. The smallest absolute Gasteiger partial charge is 0.358 e. The van der Waals surface area contributed by atoms with Gasteiger partial charge in [0, 0.05) is 6.42 Å². The summed E-state index contributed by atoms with van der Waals surface area (Å²) in [6.07, 6.45) is 0.509. The first kappa shape index (κ1) is 17.7. The minimum absolute atomic E-state index is 0.00415. The minimum Gasteiger partial charge on any atom is -0.493 e. The average molecular weight is 376 g/mol. The fourth-order valence-corrected chi connectivity index (χ4v) is 2.25. The zero-order valence-electron chi connectivity index (χ0n) is 11.9. The van der Waals surface area contributed by atoms with Crippen molar-refractivity contribution in [3.63, 3.8) is 0 Å². The number of carbonyl (C=O) groups excluding carboxylic acids is 1. The molecular formula is C15H13Cl3N2O3. The molecule has 0 amide bonds. The number of para-hydroxylation sites is 1. The van der Waals surface area contributed by atoms with E-state index in [0.29, 0.717) is 13.0 Å². The van der Waals surface area contributed by atoms with Crippen molar-refractivity contribution >= 4 is 46.5 Å². The van der Waals surface area contributed by atoms with Crippen molar-refractivity contribution in [2.24, 2.45) is 0 Å². The summed E-state index contributed by atoms with van der Waals surface area (Å²) in [5.74, 6) is 0.0285. The lowest BCUT2D eigenvalue weighted by Gasteiger charge is -2.09. The lowest BCUT2D eigenvalue weighted by molar-refractivity contribution is 0.0479. The van der Waals surface area contributed by atoms with E-state index in [1.807, 2.05) is 30.3 Å². The van der Waals surface area contributed by atoms with E-state index in [2.05, 4.69) is 4.98 Å². The molecule has 0 radical (unpaired) electrons. The fraction of sp³-hybridized carbons (Fsp3) is 0.200. The molecule has 5 nitrogen and oxygen atoms in total. The van der Waals surface area contributed by atoms with E-state index < -0.39 is 5.97 Å². The second-order valence-corrected chi connectivity index (χ2v) is 5.56. The number of pyridine rings is 1. The average Bonchev–Trinajstić information content (AvgIpc) is 2.56. The summed E-state index contributed by atoms with van der Waals surface area (Å²) >= 11 is 17.5. The van der Waals surface area contributed by atoms with Crippen LogP contribution in [0.5, 0.6) is 5.75 Å². The number of esters is 1. The Hall–Kier alpha value is -1.69. The number of benzene rings is 1. The van der Waals surface area contributed by atoms with Gasteiger partial charge in [0.25, 0.3) is 0 Å². The largest absolute Gasteiger partial charge is 0.493 e. The number of halogens is 3. The van der Waals surface area contributed by atoms with Crippen LogP contribution in [0.4, 0.5) is 5.69 Å². The molecule has 0 aliphatic heterocycles. The van der Waals surface area contributed by atoms with Crippen LogP contribution in [-0.2, 0) is 4.74 Å². The van der Waals surface area contributed by atoms with Gasteiger partial charge in [-0.15, -0.1) is 0 Å². The van der Waals surface area contributed by atoms with Crippen LogP contribution in [0.3, 0.4) is 0 Å². The van der Waals surface area contributed by atoms with E-state index in [0.717, 1.165) is 5.75 Å². The highest BCUT2D eigenvalue weighted by atomic mass is 35.5. The zero-order chi connectivity index (χ0) is 16.8. The third-order valence-electron chi connectivity index (χ3n) is 2.80. The summed E-state index contributed by atoms with van der Waals surface area (Å²) in [4.78, 5) is 15.7. The summed E-state index contributed by atoms with van der Waals surface area (Å²) < 4.78 is 10.6. The third-order valence-corrected chi connectivity index (χ3v) is 3.93. The van der Waals surface area contributed by atoms with Crippen LogP contribution in [0.2, 0.25) is 15.2 Å². The SMILES string of the molecule is Nc1c(Cl)c(Cl)nc(C(=O)OCCCOc2ccccc2)c1Cl. The molecule has 0 bridgehead atoms. The number of hydrogen-bond donors (Lipinski definition) is 1. The van der Waals surface area contributed by atoms with Crippen molar-refractivity contribution in [1.82, 2.24) is 4.98 Å². The number of hydrogen-bond acceptors (Lipinski definition) is 5. The first-order valence-electron chi connectivity index (χ1n) is 6.65. The standard InChI is InChI=1S/C15H13Cl3N2O3/c16-10-12(19)11(17)14(18)20-13(10)15(21)23-8-4-7-22-9-5-2-1-3-6-9/h1-3,5-6H,4,7-8H2,(H2,19,20). The number of nitrogen functional groups attached to an aromatic ring is 1. The monoisotopic (exact) mass is 374 g/mol. The summed E-state index contributed by atoms with van der Waals surface area (Å²) in [6.45, 7) is 0.547. The maximum Gasteiger partial charge on any atom is 0.358 e. The van der Waals surface area contributed by atoms with Gasteiger partial charge in [0.1, 0.15) is 10.8 Å². The van der Waals surface area contributed by atoms with Crippen molar-refractivity contribution in [2.45, 2.75) is 6.42 Å². The first-order valence-corrected chi connectivity index (χ1v) is 7.79. The van der Waals surface area contributed by atoms with E-state index in [9.17, 15) is 4.79 Å². The molecule has 0 saturated heterocycles. The second kappa shape index (κ2) is 8.24. The van der Waals surface area contributed by atoms with E-state index in [4.69, 9.17) is 50.0 Å². The zero-order valence-corrected chi connectivity index (χ0v) is 14.2. The van der Waals surface area contributed by atoms with Gasteiger partial charge in [-0.25, -0.2) is 9.78 Å². The molecule has 0 spiro atoms. The van der Waals surface area contributed by atoms with Gasteiger partial charge >= 0.3 is 5.97 Å². The Balaban J connectivity index is 1.84. The predicted octanol–water partition coefficient (Wildman–Crippen LogP) is 4.25. The Labute approximate surface area is 148 Å². The van der Waals surface area contributed by atoms with Crippen LogP contribution >= 0.6 is 34.8 Å². The lowest BCUT2D eigenvalue weighted by Crippen LogP contribution is -2.12. The van der Waals surface area contributed by atoms with Crippen LogP contribution in [0, 0.1) is 0 Å². The number of nitrogens with two attached hydrogens (primary N) is 1. The van der Waals surface area contributed by atoms with Crippen molar-refractivity contribution in [3.05, 3.63) is 51.2 Å². The summed E-state index contributed by atoms with van der Waals surface area (Å²) in [6, 6.07) is 9.33. The topological polar surface area (TPSA) is 74.4 Å². The highest BCUT2D eigenvalue weighted by molar-refractivity contribution is 6.46. The van der Waals surface area contributed by atoms with Gasteiger partial charge < -0.3 is 15.2 Å². The van der Waals surface area contributed by atoms with Gasteiger partial charge in [0.2, 0.25) is 0 Å². The highest BCUT2D eigenvalue weighted by Crippen LogP contribution is 2.34. The maximum absolute atomic E-state index is 11.9. The van der Waals surface area contributed by atoms with Gasteiger partial charge in [-0.1, -0.05) is 53.0 Å². The summed E-state index contributed by atoms with van der Waals surface area (Å²) in [5, 5.41) is -0.178. The minimum atomic E-state index is -0.722. The number of rotatable bonds is 6. The normalized spacial score (nSPS) is 10.4. The van der Waals surface area contributed by atoms with Crippen LogP contribution in [0.25, 0.3) is 0 Å². The van der Waals surface area contributed by atoms with Crippen LogP contribution in [0.1, 0.15) is 16.9 Å². The van der Waals surface area contributed by atoms with Gasteiger partial charge in [0.15, 0.2) is 10.8 Å². The molecule has 2 N–H and O–H groups in total. The van der Waals surface area contributed by atoms with Crippen molar-refractivity contribution in [2.75, 3.05) is 18.9 Å². The molecule has 1 aromatic carbocycles. The Morgan fingerprint density at radius 2 is 1.78 bits per heavy atom. The Kier molecular flexibility index (Phi) is 6.33. The summed E-state index contributed by atoms with van der Waals surface area (Å²) in [5.41, 5.74) is 5.47. The fourth-order valence-electron chi connectivity index (χ4n) is 1.67. The predicted molar refractivity (Wildman–Crippen MR) is 90.5 cm³/mol. The Morgan fingerprint density at radius 3 is 2.48 bits per heavy atom. The van der Waals surface area contributed by atoms with E-state index in [1.54, 1.807) is 0 Å². The quantitative estimate of drug-likeness (QED) is 0.464. The number of nitrogens with zero attached hydrogens (tertiary/aromatic N) is 1. The molecule has 1 aromatic heterocycles. The van der Waals surface area contributed by atoms with Gasteiger partial charge in [0.05, 0.1) is 23.9 Å². The second-order valence-electron chi connectivity index (χ2n) is 4.44. The molecule has 0 aliphatic rings. The highest BCUT2D eigenvalue weighted by Gasteiger charge is 2.20. The molecule has 1 heterocycles. The Morgan fingerprint density at radius 1 is 1.09 bits per heavy atom. The maximum atomic E-state index is 11.9. The van der Waals surface area contributed by atoms with E-state index >= 15 is 0 Å². The molecule has 2 rings (SSSR count). The number of aromatic nitrogens is 1. The lowest BCUT2D eigenvalue weighted by atomic mass is 10.3. The molecule has 23 heavy (non-hydrogen) atoms. The van der Waals surface area contributed by atoms with Crippen molar-refractivity contribution in [1.29, 1.82) is 0 Å². The van der Waals surface area contributed by atoms with Gasteiger partial charge in [-0.2, -0.15) is 0 Å². The van der Waals surface area contributed by atoms with Crippen LogP contribution in [0.15, 0.2) is 30.3 Å². The third kappa shape index (κ3) is 4.64. The summed E-state index contributed by atoms with van der Waals surface area (Å²) in [7, 11) is 0. The van der Waals surface area contributed by atoms with Gasteiger partial charge in [-0.05, 0) is 12.1 Å². The molecule has 8 heteroatoms. The molecule has 0 unspecified atom stereocenters. The molecule has 2 aromatic rings. The molecule has 0 saturated carbocycles. The molecular weight excluding hydrogens is 363 g/mol. The molecule has 0 aliphatic carbocycles. The van der Waals surface area contributed by atoms with Crippen molar-refractivity contribution in [3.8, 4) is 5.75 Å². The molecule has 0 fully saturated rings. The molecule has 122 valence electrons. The Bertz CT molecular complexity index is 696. The van der Waals surface area contributed by atoms with Crippen LogP contribution < -0.4 is 10.5 Å². The van der Waals surface area contributed by atoms with Gasteiger partial charge in [-0.3, -0.25) is 0 Å². The molecule has 0 atom stereocenters. The van der Waals surface area contributed by atoms with E-state index in [-0.39, 0.29) is 33.2 Å².